The zero-order chi connectivity index (χ0) is 12.4. The van der Waals surface area contributed by atoms with Gasteiger partial charge in [0.2, 0.25) is 0 Å². The fourth-order valence-corrected chi connectivity index (χ4v) is 3.46. The fourth-order valence-electron chi connectivity index (χ4n) is 3.46. The van der Waals surface area contributed by atoms with Crippen LogP contribution in [0.3, 0.4) is 0 Å². The second-order valence-corrected chi connectivity index (χ2v) is 5.82. The molecule has 2 heterocycles. The van der Waals surface area contributed by atoms with E-state index < -0.39 is 0 Å². The number of hydrogen-bond acceptors (Lipinski definition) is 2. The highest BCUT2D eigenvalue weighted by atomic mass is 15.2. The molecule has 0 radical (unpaired) electrons. The van der Waals surface area contributed by atoms with Crippen molar-refractivity contribution in [1.82, 2.24) is 5.32 Å². The van der Waals surface area contributed by atoms with E-state index in [1.54, 1.807) is 5.56 Å². The van der Waals surface area contributed by atoms with Crippen LogP contribution in [0.25, 0.3) is 0 Å². The summed E-state index contributed by atoms with van der Waals surface area (Å²) in [5.41, 5.74) is 3.04. The molecule has 1 N–H and O–H groups in total. The topological polar surface area (TPSA) is 15.3 Å². The monoisotopic (exact) mass is 244 g/mol. The third kappa shape index (κ3) is 2.26. The number of benzene rings is 1. The van der Waals surface area contributed by atoms with Crippen LogP contribution >= 0.6 is 0 Å². The van der Waals surface area contributed by atoms with Crippen molar-refractivity contribution in [2.24, 2.45) is 5.92 Å². The van der Waals surface area contributed by atoms with Crippen molar-refractivity contribution in [3.63, 3.8) is 0 Å². The summed E-state index contributed by atoms with van der Waals surface area (Å²) in [4.78, 5) is 2.68. The molecule has 2 atom stereocenters. The van der Waals surface area contributed by atoms with Crippen LogP contribution in [0.1, 0.15) is 31.7 Å². The summed E-state index contributed by atoms with van der Waals surface area (Å²) in [6, 6.07) is 9.69. The van der Waals surface area contributed by atoms with Gasteiger partial charge in [0.1, 0.15) is 0 Å². The largest absolute Gasteiger partial charge is 0.367 e. The maximum absolute atomic E-state index is 3.57. The lowest BCUT2D eigenvalue weighted by Crippen LogP contribution is -2.51. The summed E-state index contributed by atoms with van der Waals surface area (Å²) >= 11 is 0. The molecular formula is C16H24N2. The van der Waals surface area contributed by atoms with Gasteiger partial charge in [0.15, 0.2) is 0 Å². The first-order valence-electron chi connectivity index (χ1n) is 7.41. The summed E-state index contributed by atoms with van der Waals surface area (Å²) in [5, 5.41) is 3.57. The smallest absolute Gasteiger partial charge is 0.0440 e. The quantitative estimate of drug-likeness (QED) is 0.817. The van der Waals surface area contributed by atoms with Gasteiger partial charge in [-0.3, -0.25) is 0 Å². The van der Waals surface area contributed by atoms with E-state index in [4.69, 9.17) is 0 Å². The number of anilines is 1. The molecule has 2 heteroatoms. The second kappa shape index (κ2) is 5.31. The molecule has 0 amide bonds. The van der Waals surface area contributed by atoms with Crippen LogP contribution in [0.5, 0.6) is 0 Å². The average molecular weight is 244 g/mol. The molecular weight excluding hydrogens is 220 g/mol. The molecule has 0 spiro atoms. The third-order valence-corrected chi connectivity index (χ3v) is 4.58. The van der Waals surface area contributed by atoms with E-state index >= 15 is 0 Å². The standard InChI is InChI=1S/C16H24N2/c1-13-9-10-17-12-16(13)18-11-5-4-7-14-6-2-3-8-15(14)18/h2-3,6,8,13,16-17H,4-5,7,9-12H2,1H3. The summed E-state index contributed by atoms with van der Waals surface area (Å²) in [6.07, 6.45) is 5.23. The zero-order valence-electron chi connectivity index (χ0n) is 11.4. The molecule has 1 aromatic rings. The SMILES string of the molecule is CC1CCNCC1N1CCCCc2ccccc21. The Morgan fingerprint density at radius 3 is 3.00 bits per heavy atom. The molecule has 3 rings (SSSR count). The Bertz CT molecular complexity index is 402. The molecule has 0 saturated carbocycles. The summed E-state index contributed by atoms with van der Waals surface area (Å²) < 4.78 is 0. The van der Waals surface area contributed by atoms with E-state index in [2.05, 4.69) is 41.4 Å². The molecule has 1 saturated heterocycles. The molecule has 98 valence electrons. The van der Waals surface area contributed by atoms with Crippen LogP contribution < -0.4 is 10.2 Å². The van der Waals surface area contributed by atoms with Gasteiger partial charge in [0.25, 0.3) is 0 Å². The molecule has 2 aliphatic heterocycles. The van der Waals surface area contributed by atoms with Crippen molar-refractivity contribution in [1.29, 1.82) is 0 Å². The summed E-state index contributed by atoms with van der Waals surface area (Å²) in [5.74, 6) is 0.803. The van der Waals surface area contributed by atoms with Gasteiger partial charge in [-0.1, -0.05) is 25.1 Å². The number of aryl methyl sites for hydroxylation is 1. The first-order valence-corrected chi connectivity index (χ1v) is 7.41. The second-order valence-electron chi connectivity index (χ2n) is 5.82. The Labute approximate surface area is 110 Å². The van der Waals surface area contributed by atoms with Gasteiger partial charge in [-0.05, 0) is 49.8 Å². The number of piperidine rings is 1. The van der Waals surface area contributed by atoms with Gasteiger partial charge >= 0.3 is 0 Å². The van der Waals surface area contributed by atoms with Crippen LogP contribution in [0.4, 0.5) is 5.69 Å². The predicted octanol–water partition coefficient (Wildman–Crippen LogP) is 2.83. The van der Waals surface area contributed by atoms with Crippen molar-refractivity contribution in [3.8, 4) is 0 Å². The number of fused-ring (bicyclic) bond motifs is 1. The van der Waals surface area contributed by atoms with Gasteiger partial charge < -0.3 is 10.2 Å². The molecule has 2 unspecified atom stereocenters. The Kier molecular flexibility index (Phi) is 3.55. The molecule has 0 aliphatic carbocycles. The average Bonchev–Trinajstić information content (AvgIpc) is 2.62. The van der Waals surface area contributed by atoms with Crippen LogP contribution in [0.15, 0.2) is 24.3 Å². The predicted molar refractivity (Wildman–Crippen MR) is 77.2 cm³/mol. The van der Waals surface area contributed by atoms with Gasteiger partial charge in [-0.25, -0.2) is 0 Å². The number of para-hydroxylation sites is 1. The van der Waals surface area contributed by atoms with E-state index in [9.17, 15) is 0 Å². The van der Waals surface area contributed by atoms with Crippen molar-refractivity contribution >= 4 is 5.69 Å². The fraction of sp³-hybridized carbons (Fsp3) is 0.625. The highest BCUT2D eigenvalue weighted by Crippen LogP contribution is 2.31. The van der Waals surface area contributed by atoms with Gasteiger partial charge in [0, 0.05) is 24.8 Å². The van der Waals surface area contributed by atoms with Crippen LogP contribution in [-0.4, -0.2) is 25.7 Å². The van der Waals surface area contributed by atoms with Crippen LogP contribution in [0.2, 0.25) is 0 Å². The third-order valence-electron chi connectivity index (χ3n) is 4.58. The molecule has 0 aromatic heterocycles. The molecule has 18 heavy (non-hydrogen) atoms. The maximum Gasteiger partial charge on any atom is 0.0440 e. The minimum atomic E-state index is 0.679. The van der Waals surface area contributed by atoms with E-state index in [1.807, 2.05) is 0 Å². The first-order chi connectivity index (χ1) is 8.86. The summed E-state index contributed by atoms with van der Waals surface area (Å²) in [7, 11) is 0. The van der Waals surface area contributed by atoms with Crippen molar-refractivity contribution < 1.29 is 0 Å². The Hall–Kier alpha value is -1.02. The lowest BCUT2D eigenvalue weighted by atomic mass is 9.92. The van der Waals surface area contributed by atoms with Crippen LogP contribution in [-0.2, 0) is 6.42 Å². The normalized spacial score (nSPS) is 28.6. The van der Waals surface area contributed by atoms with Crippen molar-refractivity contribution in [2.45, 2.75) is 38.6 Å². The van der Waals surface area contributed by atoms with E-state index in [-0.39, 0.29) is 0 Å². The summed E-state index contributed by atoms with van der Waals surface area (Å²) in [6.45, 7) is 5.98. The van der Waals surface area contributed by atoms with E-state index in [0.717, 1.165) is 12.5 Å². The molecule has 1 fully saturated rings. The lowest BCUT2D eigenvalue weighted by molar-refractivity contribution is 0.329. The Morgan fingerprint density at radius 2 is 2.11 bits per heavy atom. The van der Waals surface area contributed by atoms with Gasteiger partial charge in [0.05, 0.1) is 0 Å². The highest BCUT2D eigenvalue weighted by molar-refractivity contribution is 5.55. The van der Waals surface area contributed by atoms with E-state index in [1.165, 1.54) is 44.5 Å². The van der Waals surface area contributed by atoms with Crippen LogP contribution in [0, 0.1) is 5.92 Å². The number of nitrogens with zero attached hydrogens (tertiary/aromatic N) is 1. The Balaban J connectivity index is 1.91. The van der Waals surface area contributed by atoms with Gasteiger partial charge in [-0.2, -0.15) is 0 Å². The number of nitrogens with one attached hydrogen (secondary N) is 1. The zero-order valence-corrected chi connectivity index (χ0v) is 11.4. The molecule has 0 bridgehead atoms. The highest BCUT2D eigenvalue weighted by Gasteiger charge is 2.28. The van der Waals surface area contributed by atoms with Gasteiger partial charge in [-0.15, -0.1) is 0 Å². The lowest BCUT2D eigenvalue weighted by Gasteiger charge is -2.40. The molecule has 2 aliphatic rings. The maximum atomic E-state index is 3.57. The molecule has 2 nitrogen and oxygen atoms in total. The number of hydrogen-bond donors (Lipinski definition) is 1. The Morgan fingerprint density at radius 1 is 1.22 bits per heavy atom. The molecule has 1 aromatic carbocycles. The van der Waals surface area contributed by atoms with Crippen molar-refractivity contribution in [3.05, 3.63) is 29.8 Å². The minimum absolute atomic E-state index is 0.679. The first kappa shape index (κ1) is 12.0. The van der Waals surface area contributed by atoms with Crippen molar-refractivity contribution in [2.75, 3.05) is 24.5 Å². The number of rotatable bonds is 1. The minimum Gasteiger partial charge on any atom is -0.367 e. The van der Waals surface area contributed by atoms with E-state index in [0.29, 0.717) is 6.04 Å².